The van der Waals surface area contributed by atoms with Crippen LogP contribution in [0.15, 0.2) is 41.3 Å². The van der Waals surface area contributed by atoms with Crippen LogP contribution in [0, 0.1) is 0 Å². The Balaban J connectivity index is 2.21. The lowest BCUT2D eigenvalue weighted by Crippen LogP contribution is -2.18. The minimum absolute atomic E-state index is 0.0452. The van der Waals surface area contributed by atoms with Gasteiger partial charge in [0.15, 0.2) is 0 Å². The molecule has 0 amide bonds. The Labute approximate surface area is 112 Å². The highest BCUT2D eigenvalue weighted by atomic mass is 16.4. The van der Waals surface area contributed by atoms with Crippen molar-refractivity contribution >= 4 is 17.0 Å². The van der Waals surface area contributed by atoms with Gasteiger partial charge in [0.1, 0.15) is 5.52 Å². The van der Waals surface area contributed by atoms with Crippen molar-refractivity contribution in [2.75, 3.05) is 0 Å². The zero-order valence-corrected chi connectivity index (χ0v) is 10.5. The normalized spacial score (nSPS) is 10.8. The van der Waals surface area contributed by atoms with Gasteiger partial charge in [0.2, 0.25) is 0 Å². The molecule has 0 aliphatic carbocycles. The number of hydrogen-bond acceptors (Lipinski definition) is 4. The highest BCUT2D eigenvalue weighted by molar-refractivity contribution is 5.87. The standard InChI is InChI=1S/C13H10N4O3/c1-16-11-4-3-9(6-10(11)14-15-16)17-7-8(13(19)20)2-5-12(17)18/h2-7H,1H3,(H,19,20). The van der Waals surface area contributed by atoms with E-state index >= 15 is 0 Å². The van der Waals surface area contributed by atoms with E-state index in [1.54, 1.807) is 29.9 Å². The predicted molar refractivity (Wildman–Crippen MR) is 71.1 cm³/mol. The fraction of sp³-hybridized carbons (Fsp3) is 0.0769. The number of carboxylic acid groups (broad SMARTS) is 1. The van der Waals surface area contributed by atoms with Crippen molar-refractivity contribution in [3.63, 3.8) is 0 Å². The Kier molecular flexibility index (Phi) is 2.60. The second-order valence-corrected chi connectivity index (χ2v) is 4.32. The van der Waals surface area contributed by atoms with Gasteiger partial charge in [0.25, 0.3) is 5.56 Å². The summed E-state index contributed by atoms with van der Waals surface area (Å²) < 4.78 is 2.90. The number of aromatic nitrogens is 4. The molecule has 2 heterocycles. The van der Waals surface area contributed by atoms with Crippen LogP contribution >= 0.6 is 0 Å². The van der Waals surface area contributed by atoms with Crippen LogP contribution in [0.4, 0.5) is 0 Å². The van der Waals surface area contributed by atoms with E-state index in [2.05, 4.69) is 10.3 Å². The van der Waals surface area contributed by atoms with E-state index in [0.717, 1.165) is 5.52 Å². The molecule has 3 aromatic rings. The van der Waals surface area contributed by atoms with Gasteiger partial charge in [-0.25, -0.2) is 9.48 Å². The first kappa shape index (κ1) is 12.1. The lowest BCUT2D eigenvalue weighted by atomic mass is 10.2. The zero-order valence-electron chi connectivity index (χ0n) is 10.5. The van der Waals surface area contributed by atoms with Crippen molar-refractivity contribution in [2.45, 2.75) is 0 Å². The summed E-state index contributed by atoms with van der Waals surface area (Å²) >= 11 is 0. The summed E-state index contributed by atoms with van der Waals surface area (Å²) in [5.74, 6) is -1.08. The average Bonchev–Trinajstić information content (AvgIpc) is 2.80. The Hall–Kier alpha value is -2.96. The maximum atomic E-state index is 11.9. The molecule has 0 saturated heterocycles. The SMILES string of the molecule is Cn1nnc2cc(-n3cc(C(=O)O)ccc3=O)ccc21. The van der Waals surface area contributed by atoms with Gasteiger partial charge in [-0.1, -0.05) is 5.21 Å². The van der Waals surface area contributed by atoms with Crippen LogP contribution in [-0.4, -0.2) is 30.6 Å². The number of carbonyl (C=O) groups is 1. The van der Waals surface area contributed by atoms with E-state index in [4.69, 9.17) is 5.11 Å². The second kappa shape index (κ2) is 4.30. The highest BCUT2D eigenvalue weighted by Gasteiger charge is 2.08. The molecule has 2 aromatic heterocycles. The van der Waals surface area contributed by atoms with E-state index in [-0.39, 0.29) is 11.1 Å². The molecule has 0 unspecified atom stereocenters. The molecule has 0 atom stereocenters. The number of aryl methyl sites for hydroxylation is 1. The highest BCUT2D eigenvalue weighted by Crippen LogP contribution is 2.15. The van der Waals surface area contributed by atoms with Crippen molar-refractivity contribution in [1.82, 2.24) is 19.6 Å². The van der Waals surface area contributed by atoms with Crippen molar-refractivity contribution in [2.24, 2.45) is 7.05 Å². The molecular weight excluding hydrogens is 260 g/mol. The lowest BCUT2D eigenvalue weighted by molar-refractivity contribution is 0.0696. The van der Waals surface area contributed by atoms with Gasteiger partial charge >= 0.3 is 5.97 Å². The molecule has 20 heavy (non-hydrogen) atoms. The van der Waals surface area contributed by atoms with Gasteiger partial charge in [0, 0.05) is 19.3 Å². The van der Waals surface area contributed by atoms with Gasteiger partial charge in [-0.2, -0.15) is 0 Å². The van der Waals surface area contributed by atoms with Crippen molar-refractivity contribution in [1.29, 1.82) is 0 Å². The molecule has 0 aliphatic rings. The van der Waals surface area contributed by atoms with Crippen LogP contribution in [0.2, 0.25) is 0 Å². The van der Waals surface area contributed by atoms with Crippen LogP contribution in [0.5, 0.6) is 0 Å². The van der Waals surface area contributed by atoms with Crippen molar-refractivity contribution in [3.8, 4) is 5.69 Å². The molecule has 0 bridgehead atoms. The average molecular weight is 270 g/mol. The van der Waals surface area contributed by atoms with E-state index in [9.17, 15) is 9.59 Å². The number of benzene rings is 1. The predicted octanol–water partition coefficient (Wildman–Crippen LogP) is 0.817. The zero-order chi connectivity index (χ0) is 14.3. The fourth-order valence-electron chi connectivity index (χ4n) is 1.99. The summed E-state index contributed by atoms with van der Waals surface area (Å²) in [7, 11) is 1.77. The summed E-state index contributed by atoms with van der Waals surface area (Å²) in [5.41, 5.74) is 1.75. The summed E-state index contributed by atoms with van der Waals surface area (Å²) in [5, 5.41) is 16.8. The largest absolute Gasteiger partial charge is 0.478 e. The van der Waals surface area contributed by atoms with E-state index in [0.29, 0.717) is 11.2 Å². The van der Waals surface area contributed by atoms with E-state index in [1.807, 2.05) is 0 Å². The summed E-state index contributed by atoms with van der Waals surface area (Å²) in [6.45, 7) is 0. The lowest BCUT2D eigenvalue weighted by Gasteiger charge is -2.06. The Morgan fingerprint density at radius 2 is 2.05 bits per heavy atom. The van der Waals surface area contributed by atoms with Gasteiger partial charge in [-0.05, 0) is 24.3 Å². The van der Waals surface area contributed by atoms with Gasteiger partial charge in [-0.15, -0.1) is 5.10 Å². The maximum Gasteiger partial charge on any atom is 0.337 e. The summed E-state index contributed by atoms with van der Waals surface area (Å²) in [6, 6.07) is 7.70. The topological polar surface area (TPSA) is 90.0 Å². The molecule has 1 N–H and O–H groups in total. The van der Waals surface area contributed by atoms with Crippen molar-refractivity contribution < 1.29 is 9.90 Å². The molecule has 0 radical (unpaired) electrons. The first-order valence-electron chi connectivity index (χ1n) is 5.82. The molecule has 7 heteroatoms. The second-order valence-electron chi connectivity index (χ2n) is 4.32. The number of nitrogens with zero attached hydrogens (tertiary/aromatic N) is 4. The van der Waals surface area contributed by atoms with Crippen LogP contribution in [-0.2, 0) is 7.05 Å². The minimum Gasteiger partial charge on any atom is -0.478 e. The molecule has 0 fully saturated rings. The number of rotatable bonds is 2. The molecule has 0 aliphatic heterocycles. The van der Waals surface area contributed by atoms with Crippen LogP contribution in [0.25, 0.3) is 16.7 Å². The molecule has 7 nitrogen and oxygen atoms in total. The Morgan fingerprint density at radius 3 is 2.80 bits per heavy atom. The number of pyridine rings is 1. The first-order chi connectivity index (χ1) is 9.56. The third-order valence-electron chi connectivity index (χ3n) is 3.03. The third kappa shape index (κ3) is 1.85. The maximum absolute atomic E-state index is 11.9. The quantitative estimate of drug-likeness (QED) is 0.744. The van der Waals surface area contributed by atoms with Gasteiger partial charge < -0.3 is 5.11 Å². The number of fused-ring (bicyclic) bond motifs is 1. The summed E-state index contributed by atoms with van der Waals surface area (Å²) in [6.07, 6.45) is 1.29. The molecule has 0 spiro atoms. The minimum atomic E-state index is -1.08. The Bertz CT molecular complexity index is 879. The molecular formula is C13H10N4O3. The van der Waals surface area contributed by atoms with Gasteiger partial charge in [0.05, 0.1) is 16.8 Å². The molecule has 100 valence electrons. The van der Waals surface area contributed by atoms with E-state index in [1.165, 1.54) is 22.9 Å². The molecule has 3 rings (SSSR count). The smallest absolute Gasteiger partial charge is 0.337 e. The van der Waals surface area contributed by atoms with Crippen molar-refractivity contribution in [3.05, 3.63) is 52.4 Å². The monoisotopic (exact) mass is 270 g/mol. The van der Waals surface area contributed by atoms with Crippen LogP contribution in [0.3, 0.4) is 0 Å². The summed E-state index contributed by atoms with van der Waals surface area (Å²) in [4.78, 5) is 22.8. The van der Waals surface area contributed by atoms with Crippen LogP contribution < -0.4 is 5.56 Å². The number of aromatic carboxylic acids is 1. The third-order valence-corrected chi connectivity index (χ3v) is 3.03. The van der Waals surface area contributed by atoms with Gasteiger partial charge in [-0.3, -0.25) is 9.36 Å². The first-order valence-corrected chi connectivity index (χ1v) is 5.82. The number of hydrogen-bond donors (Lipinski definition) is 1. The molecule has 0 saturated carbocycles. The fourth-order valence-corrected chi connectivity index (χ4v) is 1.99. The Morgan fingerprint density at radius 1 is 1.25 bits per heavy atom. The number of carboxylic acids is 1. The molecule has 1 aromatic carbocycles. The van der Waals surface area contributed by atoms with Crippen LogP contribution in [0.1, 0.15) is 10.4 Å². The van der Waals surface area contributed by atoms with E-state index < -0.39 is 5.97 Å².